The van der Waals surface area contributed by atoms with Crippen molar-refractivity contribution in [1.82, 2.24) is 24.6 Å². The highest BCUT2D eigenvalue weighted by atomic mass is 19.1. The van der Waals surface area contributed by atoms with Crippen LogP contribution in [-0.2, 0) is 22.6 Å². The number of nitrogens with one attached hydrogen (secondary N) is 2. The molecule has 1 saturated heterocycles. The molecule has 6 rings (SSSR count). The second-order valence-electron chi connectivity index (χ2n) is 10.3. The second kappa shape index (κ2) is 10.8. The normalized spacial score (nSPS) is 17.0. The van der Waals surface area contributed by atoms with E-state index in [4.69, 9.17) is 14.5 Å². The van der Waals surface area contributed by atoms with Crippen LogP contribution in [0.2, 0.25) is 0 Å². The number of fused-ring (bicyclic) bond motifs is 2. The third kappa shape index (κ3) is 4.99. The molecule has 2 aliphatic rings. The van der Waals surface area contributed by atoms with Crippen molar-refractivity contribution in [1.29, 1.82) is 0 Å². The summed E-state index contributed by atoms with van der Waals surface area (Å²) in [5, 5.41) is 6.35. The minimum absolute atomic E-state index is 0.00954. The number of rotatable bonds is 8. The zero-order chi connectivity index (χ0) is 27.8. The number of halogens is 1. The Labute approximate surface area is 231 Å². The van der Waals surface area contributed by atoms with Crippen molar-refractivity contribution >= 4 is 28.7 Å². The number of aromatic nitrogens is 3. The lowest BCUT2D eigenvalue weighted by Gasteiger charge is -2.35. The summed E-state index contributed by atoms with van der Waals surface area (Å²) in [7, 11) is 5.72. The first-order chi connectivity index (χ1) is 19.4. The lowest BCUT2D eigenvalue weighted by atomic mass is 9.99. The van der Waals surface area contributed by atoms with Gasteiger partial charge in [-0.25, -0.2) is 14.4 Å². The number of hydrogen-bond donors (Lipinski definition) is 2. The summed E-state index contributed by atoms with van der Waals surface area (Å²) in [5.74, 6) is 0.158. The van der Waals surface area contributed by atoms with E-state index in [0.717, 1.165) is 41.3 Å². The molecule has 0 aliphatic carbocycles. The van der Waals surface area contributed by atoms with Gasteiger partial charge in [-0.3, -0.25) is 9.20 Å². The van der Waals surface area contributed by atoms with Crippen LogP contribution in [-0.4, -0.2) is 78.8 Å². The predicted octanol–water partition coefficient (Wildman–Crippen LogP) is 3.44. The smallest absolute Gasteiger partial charge is 0.254 e. The van der Waals surface area contributed by atoms with Gasteiger partial charge in [-0.15, -0.1) is 0 Å². The quantitative estimate of drug-likeness (QED) is 0.348. The van der Waals surface area contributed by atoms with Crippen molar-refractivity contribution < 1.29 is 18.7 Å². The van der Waals surface area contributed by atoms with E-state index in [9.17, 15) is 9.18 Å². The van der Waals surface area contributed by atoms with E-state index in [1.54, 1.807) is 19.5 Å². The van der Waals surface area contributed by atoms with E-state index in [1.165, 1.54) is 12.1 Å². The fourth-order valence-electron chi connectivity index (χ4n) is 5.48. The average Bonchev–Trinajstić information content (AvgIpc) is 3.53. The fraction of sp³-hybridized carbons (Fsp3) is 0.345. The maximum Gasteiger partial charge on any atom is 0.254 e. The number of morpholine rings is 1. The molecule has 1 amide bonds. The molecule has 10 nitrogen and oxygen atoms in total. The molecule has 1 aromatic carbocycles. The number of pyridine rings is 2. The van der Waals surface area contributed by atoms with E-state index >= 15 is 0 Å². The molecule has 0 unspecified atom stereocenters. The number of imidazole rings is 1. The van der Waals surface area contributed by atoms with Crippen LogP contribution in [0.1, 0.15) is 21.6 Å². The number of ether oxygens (including phenoxy) is 2. The number of carbonyl (C=O) groups excluding carboxylic acids is 1. The molecule has 2 aliphatic heterocycles. The van der Waals surface area contributed by atoms with Crippen LogP contribution in [0.4, 0.5) is 21.6 Å². The van der Waals surface area contributed by atoms with Crippen molar-refractivity contribution in [3.8, 4) is 11.3 Å². The summed E-state index contributed by atoms with van der Waals surface area (Å²) in [6.07, 6.45) is 3.37. The number of carbonyl (C=O) groups is 1. The molecule has 0 saturated carbocycles. The zero-order valence-electron chi connectivity index (χ0n) is 22.8. The molecule has 40 heavy (non-hydrogen) atoms. The number of amides is 1. The van der Waals surface area contributed by atoms with Crippen LogP contribution in [0.15, 0.2) is 48.8 Å². The lowest BCUT2D eigenvalue weighted by Crippen LogP contribution is -2.45. The SMILES string of the molecule is COC[C@@H]1CN(c2ccc(Nc3ccc(-c4cnc5cc(F)ccn45)c4c3C(=O)NC4)nc2CN(C)C)CCO1. The summed E-state index contributed by atoms with van der Waals surface area (Å²) >= 11 is 0. The van der Waals surface area contributed by atoms with Gasteiger partial charge in [0.2, 0.25) is 0 Å². The summed E-state index contributed by atoms with van der Waals surface area (Å²) in [6.45, 7) is 3.73. The summed E-state index contributed by atoms with van der Waals surface area (Å²) in [5.41, 5.74) is 6.28. The summed E-state index contributed by atoms with van der Waals surface area (Å²) in [6, 6.07) is 10.7. The van der Waals surface area contributed by atoms with Crippen LogP contribution in [0.5, 0.6) is 0 Å². The van der Waals surface area contributed by atoms with Gasteiger partial charge in [-0.1, -0.05) is 6.07 Å². The Bertz CT molecular complexity index is 1570. The first-order valence-corrected chi connectivity index (χ1v) is 13.3. The van der Waals surface area contributed by atoms with Gasteiger partial charge in [-0.2, -0.15) is 0 Å². The predicted molar refractivity (Wildman–Crippen MR) is 150 cm³/mol. The van der Waals surface area contributed by atoms with E-state index in [-0.39, 0.29) is 17.8 Å². The third-order valence-electron chi connectivity index (χ3n) is 7.23. The van der Waals surface area contributed by atoms with Crippen molar-refractivity contribution in [2.24, 2.45) is 0 Å². The zero-order valence-corrected chi connectivity index (χ0v) is 22.8. The Hall–Kier alpha value is -4.06. The molecule has 4 aromatic rings. The van der Waals surface area contributed by atoms with Crippen LogP contribution < -0.4 is 15.5 Å². The highest BCUT2D eigenvalue weighted by Gasteiger charge is 2.28. The maximum atomic E-state index is 13.7. The third-order valence-corrected chi connectivity index (χ3v) is 7.23. The molecule has 1 atom stereocenters. The van der Waals surface area contributed by atoms with Gasteiger partial charge in [0.1, 0.15) is 17.3 Å². The average molecular weight is 546 g/mol. The first kappa shape index (κ1) is 26.2. The van der Waals surface area contributed by atoms with Gasteiger partial charge >= 0.3 is 0 Å². The van der Waals surface area contributed by atoms with Crippen molar-refractivity contribution in [2.45, 2.75) is 19.2 Å². The summed E-state index contributed by atoms with van der Waals surface area (Å²) < 4.78 is 26.7. The Morgan fingerprint density at radius 1 is 1.25 bits per heavy atom. The molecular formula is C29H32FN7O3. The Morgan fingerprint density at radius 2 is 2.12 bits per heavy atom. The second-order valence-corrected chi connectivity index (χ2v) is 10.3. The first-order valence-electron chi connectivity index (χ1n) is 13.3. The van der Waals surface area contributed by atoms with Gasteiger partial charge in [0.05, 0.1) is 53.8 Å². The van der Waals surface area contributed by atoms with Crippen LogP contribution in [0.25, 0.3) is 16.9 Å². The molecule has 2 N–H and O–H groups in total. The highest BCUT2D eigenvalue weighted by Crippen LogP contribution is 2.36. The molecule has 0 radical (unpaired) electrons. The molecule has 5 heterocycles. The number of benzene rings is 1. The van der Waals surface area contributed by atoms with Crippen LogP contribution >= 0.6 is 0 Å². The molecule has 208 valence electrons. The lowest BCUT2D eigenvalue weighted by molar-refractivity contribution is -0.0101. The number of nitrogens with zero attached hydrogens (tertiary/aromatic N) is 5. The van der Waals surface area contributed by atoms with E-state index < -0.39 is 0 Å². The van der Waals surface area contributed by atoms with Crippen LogP contribution in [0, 0.1) is 5.82 Å². The number of anilines is 3. The van der Waals surface area contributed by atoms with E-state index in [0.29, 0.717) is 49.0 Å². The summed E-state index contributed by atoms with van der Waals surface area (Å²) in [4.78, 5) is 26.7. The Morgan fingerprint density at radius 3 is 2.95 bits per heavy atom. The fourth-order valence-corrected chi connectivity index (χ4v) is 5.48. The molecule has 0 spiro atoms. The number of hydrogen-bond acceptors (Lipinski definition) is 8. The maximum absolute atomic E-state index is 13.7. The molecule has 11 heteroatoms. The Balaban J connectivity index is 1.33. The highest BCUT2D eigenvalue weighted by molar-refractivity contribution is 6.06. The Kier molecular flexibility index (Phi) is 7.09. The minimum atomic E-state index is -0.346. The van der Waals surface area contributed by atoms with Gasteiger partial charge in [0, 0.05) is 51.1 Å². The molecule has 3 aromatic heterocycles. The standard InChI is InChI=1S/C29H32FN7O3/c1-35(2)16-23-24(36-10-11-40-19(15-36)17-39-3)6-7-26(34-23)33-22-5-4-20(21-13-32-29(38)28(21)22)25-14-31-27-12-18(30)8-9-37(25)27/h4-9,12,14,19H,10-11,13,15-17H2,1-3H3,(H,32,38)(H,33,34)/t19-/m0/s1. The van der Waals surface area contributed by atoms with Gasteiger partial charge in [0.15, 0.2) is 0 Å². The van der Waals surface area contributed by atoms with Gasteiger partial charge in [0.25, 0.3) is 5.91 Å². The van der Waals surface area contributed by atoms with E-state index in [1.807, 2.05) is 36.7 Å². The molecule has 1 fully saturated rings. The van der Waals surface area contributed by atoms with Crippen molar-refractivity contribution in [2.75, 3.05) is 57.7 Å². The van der Waals surface area contributed by atoms with Crippen LogP contribution in [0.3, 0.4) is 0 Å². The topological polar surface area (TPSA) is 96.3 Å². The van der Waals surface area contributed by atoms with Gasteiger partial charge < -0.3 is 29.9 Å². The monoisotopic (exact) mass is 545 g/mol. The van der Waals surface area contributed by atoms with E-state index in [2.05, 4.69) is 31.5 Å². The molecular weight excluding hydrogens is 513 g/mol. The molecule has 0 bridgehead atoms. The van der Waals surface area contributed by atoms with Crippen molar-refractivity contribution in [3.63, 3.8) is 0 Å². The largest absolute Gasteiger partial charge is 0.382 e. The van der Waals surface area contributed by atoms with Crippen molar-refractivity contribution in [3.05, 3.63) is 71.4 Å². The number of methoxy groups -OCH3 is 1. The van der Waals surface area contributed by atoms with Gasteiger partial charge in [-0.05, 0) is 43.9 Å². The minimum Gasteiger partial charge on any atom is -0.382 e.